The Labute approximate surface area is 114 Å². The summed E-state index contributed by atoms with van der Waals surface area (Å²) >= 11 is 0. The SMILES string of the molecule is COC(=O)C1CCCN1C(=O)Cn1ccc([N+](=O)[O-])n1. The number of hydrogen-bond acceptors (Lipinski definition) is 6. The predicted molar refractivity (Wildman–Crippen MR) is 65.6 cm³/mol. The number of carbonyl (C=O) groups excluding carboxylic acids is 2. The second-order valence-electron chi connectivity index (χ2n) is 4.40. The van der Waals surface area contributed by atoms with Crippen molar-refractivity contribution in [3.63, 3.8) is 0 Å². The molecule has 1 aromatic rings. The first-order chi connectivity index (χ1) is 9.52. The van der Waals surface area contributed by atoms with Crippen molar-refractivity contribution in [2.24, 2.45) is 0 Å². The topological polar surface area (TPSA) is 108 Å². The van der Waals surface area contributed by atoms with Crippen LogP contribution < -0.4 is 0 Å². The average molecular weight is 282 g/mol. The van der Waals surface area contributed by atoms with Crippen molar-refractivity contribution >= 4 is 17.7 Å². The molecule has 0 aliphatic carbocycles. The Bertz CT molecular complexity index is 541. The molecule has 0 N–H and O–H groups in total. The second-order valence-corrected chi connectivity index (χ2v) is 4.40. The van der Waals surface area contributed by atoms with Crippen LogP contribution in [0.25, 0.3) is 0 Å². The molecule has 9 nitrogen and oxygen atoms in total. The van der Waals surface area contributed by atoms with E-state index in [0.717, 1.165) is 6.42 Å². The van der Waals surface area contributed by atoms with Gasteiger partial charge in [0, 0.05) is 6.54 Å². The lowest BCUT2D eigenvalue weighted by Crippen LogP contribution is -2.42. The number of carbonyl (C=O) groups is 2. The third kappa shape index (κ3) is 2.76. The molecule has 1 amide bonds. The third-order valence-corrected chi connectivity index (χ3v) is 3.16. The van der Waals surface area contributed by atoms with Crippen molar-refractivity contribution in [1.29, 1.82) is 0 Å². The number of nitro groups is 1. The minimum atomic E-state index is -0.631. The maximum atomic E-state index is 12.1. The first-order valence-electron chi connectivity index (χ1n) is 6.08. The third-order valence-electron chi connectivity index (χ3n) is 3.16. The van der Waals surface area contributed by atoms with Gasteiger partial charge >= 0.3 is 11.8 Å². The number of ether oxygens (including phenoxy) is 1. The van der Waals surface area contributed by atoms with E-state index in [1.54, 1.807) is 0 Å². The largest absolute Gasteiger partial charge is 0.467 e. The molecule has 0 saturated carbocycles. The molecular formula is C11H14N4O5. The summed E-state index contributed by atoms with van der Waals surface area (Å²) < 4.78 is 5.84. The normalized spacial score (nSPS) is 18.1. The van der Waals surface area contributed by atoms with Gasteiger partial charge in [0.05, 0.1) is 24.5 Å². The predicted octanol–water partition coefficient (Wildman–Crippen LogP) is -0.0447. The zero-order valence-electron chi connectivity index (χ0n) is 10.9. The number of methoxy groups -OCH3 is 1. The first kappa shape index (κ1) is 14.0. The van der Waals surface area contributed by atoms with Crippen LogP contribution in [0.15, 0.2) is 12.3 Å². The number of likely N-dealkylation sites (tertiary alicyclic amines) is 1. The number of amides is 1. The summed E-state index contributed by atoms with van der Waals surface area (Å²) in [4.78, 5) is 35.0. The van der Waals surface area contributed by atoms with Crippen LogP contribution >= 0.6 is 0 Å². The molecule has 1 aliphatic heterocycles. The minimum Gasteiger partial charge on any atom is -0.467 e. The maximum absolute atomic E-state index is 12.1. The van der Waals surface area contributed by atoms with Crippen molar-refractivity contribution < 1.29 is 19.2 Å². The summed E-state index contributed by atoms with van der Waals surface area (Å²) in [6.07, 6.45) is 2.65. The Kier molecular flexibility index (Phi) is 3.97. The highest BCUT2D eigenvalue weighted by Gasteiger charge is 2.35. The standard InChI is InChI=1S/C11H14N4O5/c1-20-11(17)8-3-2-5-14(8)10(16)7-13-6-4-9(12-13)15(18)19/h4,6,8H,2-3,5,7H2,1H3. The Morgan fingerprint density at radius 2 is 2.35 bits per heavy atom. The van der Waals surface area contributed by atoms with Crippen LogP contribution in [-0.2, 0) is 20.9 Å². The van der Waals surface area contributed by atoms with Gasteiger partial charge in [-0.15, -0.1) is 0 Å². The number of nitrogens with zero attached hydrogens (tertiary/aromatic N) is 4. The fourth-order valence-corrected chi connectivity index (χ4v) is 2.21. The van der Waals surface area contributed by atoms with Gasteiger partial charge in [0.15, 0.2) is 0 Å². The maximum Gasteiger partial charge on any atom is 0.389 e. The molecule has 2 heterocycles. The molecule has 1 unspecified atom stereocenters. The summed E-state index contributed by atoms with van der Waals surface area (Å²) in [6, 6.07) is 0.646. The Balaban J connectivity index is 2.03. The highest BCUT2D eigenvalue weighted by Crippen LogP contribution is 2.19. The van der Waals surface area contributed by atoms with Crippen molar-refractivity contribution in [1.82, 2.24) is 14.7 Å². The van der Waals surface area contributed by atoms with E-state index in [0.29, 0.717) is 13.0 Å². The van der Waals surface area contributed by atoms with Gasteiger partial charge < -0.3 is 19.8 Å². The van der Waals surface area contributed by atoms with E-state index in [4.69, 9.17) is 0 Å². The van der Waals surface area contributed by atoms with E-state index in [1.165, 1.54) is 29.0 Å². The molecular weight excluding hydrogens is 268 g/mol. The van der Waals surface area contributed by atoms with Crippen LogP contribution in [0.3, 0.4) is 0 Å². The summed E-state index contributed by atoms with van der Waals surface area (Å²) in [5.74, 6) is -1.07. The lowest BCUT2D eigenvalue weighted by atomic mass is 10.2. The van der Waals surface area contributed by atoms with Crippen LogP contribution in [0.4, 0.5) is 5.82 Å². The zero-order chi connectivity index (χ0) is 14.7. The van der Waals surface area contributed by atoms with Crippen LogP contribution in [0, 0.1) is 10.1 Å². The smallest absolute Gasteiger partial charge is 0.389 e. The average Bonchev–Trinajstić information content (AvgIpc) is 3.06. The summed E-state index contributed by atoms with van der Waals surface area (Å²) in [7, 11) is 1.28. The molecule has 0 aromatic carbocycles. The Morgan fingerprint density at radius 1 is 1.60 bits per heavy atom. The van der Waals surface area contributed by atoms with Crippen molar-refractivity contribution in [2.45, 2.75) is 25.4 Å². The van der Waals surface area contributed by atoms with E-state index >= 15 is 0 Å². The Morgan fingerprint density at radius 3 is 2.95 bits per heavy atom. The molecule has 0 bridgehead atoms. The van der Waals surface area contributed by atoms with Gasteiger partial charge in [0.2, 0.25) is 5.91 Å². The van der Waals surface area contributed by atoms with E-state index in [1.807, 2.05) is 0 Å². The Hall–Kier alpha value is -2.45. The minimum absolute atomic E-state index is 0.138. The molecule has 0 spiro atoms. The number of aromatic nitrogens is 2. The van der Waals surface area contributed by atoms with Crippen LogP contribution in [-0.4, -0.2) is 51.2 Å². The van der Waals surface area contributed by atoms with Gasteiger partial charge in [-0.3, -0.25) is 4.79 Å². The molecule has 1 aliphatic rings. The van der Waals surface area contributed by atoms with E-state index < -0.39 is 16.9 Å². The number of esters is 1. The first-order valence-corrected chi connectivity index (χ1v) is 6.08. The molecule has 1 saturated heterocycles. The van der Waals surface area contributed by atoms with Crippen LogP contribution in [0.2, 0.25) is 0 Å². The molecule has 0 radical (unpaired) electrons. The number of rotatable bonds is 4. The van der Waals surface area contributed by atoms with Crippen LogP contribution in [0.5, 0.6) is 0 Å². The fraction of sp³-hybridized carbons (Fsp3) is 0.545. The monoisotopic (exact) mass is 282 g/mol. The molecule has 20 heavy (non-hydrogen) atoms. The van der Waals surface area contributed by atoms with Crippen molar-refractivity contribution in [3.05, 3.63) is 22.4 Å². The van der Waals surface area contributed by atoms with Crippen LogP contribution in [0.1, 0.15) is 12.8 Å². The second kappa shape index (κ2) is 5.68. The molecule has 1 atom stereocenters. The molecule has 1 aromatic heterocycles. The van der Waals surface area contributed by atoms with Gasteiger partial charge in [-0.25, -0.2) is 4.79 Å². The molecule has 108 valence electrons. The van der Waals surface area contributed by atoms with E-state index in [9.17, 15) is 19.7 Å². The van der Waals surface area contributed by atoms with Gasteiger partial charge in [0.1, 0.15) is 12.6 Å². The van der Waals surface area contributed by atoms with E-state index in [2.05, 4.69) is 9.84 Å². The lowest BCUT2D eigenvalue weighted by molar-refractivity contribution is -0.389. The van der Waals surface area contributed by atoms with E-state index in [-0.39, 0.29) is 18.3 Å². The van der Waals surface area contributed by atoms with Gasteiger partial charge in [-0.2, -0.15) is 4.68 Å². The van der Waals surface area contributed by atoms with Gasteiger partial charge in [0.25, 0.3) is 0 Å². The molecule has 2 rings (SSSR count). The summed E-state index contributed by atoms with van der Waals surface area (Å²) in [5, 5.41) is 14.2. The zero-order valence-corrected chi connectivity index (χ0v) is 10.9. The lowest BCUT2D eigenvalue weighted by Gasteiger charge is -2.21. The fourth-order valence-electron chi connectivity index (χ4n) is 2.21. The summed E-state index contributed by atoms with van der Waals surface area (Å²) in [6.45, 7) is 0.337. The number of hydrogen-bond donors (Lipinski definition) is 0. The molecule has 9 heteroatoms. The molecule has 1 fully saturated rings. The van der Waals surface area contributed by atoms with Crippen molar-refractivity contribution in [3.8, 4) is 0 Å². The van der Waals surface area contributed by atoms with Gasteiger partial charge in [-0.1, -0.05) is 0 Å². The highest BCUT2D eigenvalue weighted by molar-refractivity contribution is 5.85. The quantitative estimate of drug-likeness (QED) is 0.435. The van der Waals surface area contributed by atoms with Crippen molar-refractivity contribution in [2.75, 3.05) is 13.7 Å². The van der Waals surface area contributed by atoms with Gasteiger partial charge in [-0.05, 0) is 17.8 Å². The summed E-state index contributed by atoms with van der Waals surface area (Å²) in [5.41, 5.74) is 0. The highest BCUT2D eigenvalue weighted by atomic mass is 16.6.